The van der Waals surface area contributed by atoms with Gasteiger partial charge in [0.1, 0.15) is 0 Å². The van der Waals surface area contributed by atoms with Crippen LogP contribution in [0.4, 0.5) is 0 Å². The molecular weight excluding hydrogens is 228 g/mol. The lowest BCUT2D eigenvalue weighted by Crippen LogP contribution is -2.44. The first-order valence-corrected chi connectivity index (χ1v) is 6.94. The van der Waals surface area contributed by atoms with Crippen LogP contribution in [0.25, 0.3) is 0 Å². The summed E-state index contributed by atoms with van der Waals surface area (Å²) in [6, 6.07) is 0.498. The van der Waals surface area contributed by atoms with Crippen LogP contribution in [0, 0.1) is 12.8 Å². The van der Waals surface area contributed by atoms with Crippen LogP contribution >= 0.6 is 0 Å². The van der Waals surface area contributed by atoms with Crippen molar-refractivity contribution >= 4 is 0 Å². The number of rotatable bonds is 5. The predicted molar refractivity (Wildman–Crippen MR) is 70.2 cm³/mol. The van der Waals surface area contributed by atoms with Gasteiger partial charge in [-0.25, -0.2) is 0 Å². The monoisotopic (exact) mass is 252 g/mol. The van der Waals surface area contributed by atoms with Gasteiger partial charge in [0, 0.05) is 19.5 Å². The molecule has 0 spiro atoms. The fourth-order valence-electron chi connectivity index (χ4n) is 2.62. The SMILES string of the molecule is CCN1CCCC(C(C)NCc2noc(C)n2)C1. The van der Waals surface area contributed by atoms with E-state index >= 15 is 0 Å². The Kier molecular flexibility index (Phi) is 4.72. The second kappa shape index (κ2) is 6.29. The van der Waals surface area contributed by atoms with Crippen molar-refractivity contribution in [3.05, 3.63) is 11.7 Å². The highest BCUT2D eigenvalue weighted by Crippen LogP contribution is 2.19. The van der Waals surface area contributed by atoms with Gasteiger partial charge in [-0.3, -0.25) is 0 Å². The molecule has 1 N–H and O–H groups in total. The number of piperidine rings is 1. The van der Waals surface area contributed by atoms with Crippen molar-refractivity contribution in [3.8, 4) is 0 Å². The first kappa shape index (κ1) is 13.5. The van der Waals surface area contributed by atoms with Crippen molar-refractivity contribution in [2.45, 2.75) is 46.2 Å². The fraction of sp³-hybridized carbons (Fsp3) is 0.846. The molecule has 1 saturated heterocycles. The Morgan fingerprint density at radius 3 is 3.06 bits per heavy atom. The predicted octanol–water partition coefficient (Wildman–Crippen LogP) is 1.59. The van der Waals surface area contributed by atoms with E-state index in [9.17, 15) is 0 Å². The third-order valence-corrected chi connectivity index (χ3v) is 3.85. The molecule has 1 fully saturated rings. The molecule has 0 aliphatic carbocycles. The first-order valence-electron chi connectivity index (χ1n) is 6.94. The van der Waals surface area contributed by atoms with Crippen molar-refractivity contribution in [2.24, 2.45) is 5.92 Å². The lowest BCUT2D eigenvalue weighted by molar-refractivity contribution is 0.156. The second-order valence-electron chi connectivity index (χ2n) is 5.19. The average molecular weight is 252 g/mol. The van der Waals surface area contributed by atoms with Crippen LogP contribution in [-0.2, 0) is 6.54 Å². The Bertz CT molecular complexity index is 366. The van der Waals surface area contributed by atoms with E-state index in [2.05, 4.69) is 34.2 Å². The van der Waals surface area contributed by atoms with E-state index in [1.165, 1.54) is 25.9 Å². The molecule has 2 heterocycles. The molecule has 2 atom stereocenters. The van der Waals surface area contributed by atoms with Crippen molar-refractivity contribution in [3.63, 3.8) is 0 Å². The van der Waals surface area contributed by atoms with Crippen molar-refractivity contribution in [1.29, 1.82) is 0 Å². The molecule has 5 nitrogen and oxygen atoms in total. The molecule has 1 aromatic heterocycles. The Morgan fingerprint density at radius 1 is 1.56 bits per heavy atom. The van der Waals surface area contributed by atoms with Gasteiger partial charge in [0.05, 0.1) is 6.54 Å². The fourth-order valence-corrected chi connectivity index (χ4v) is 2.62. The highest BCUT2D eigenvalue weighted by molar-refractivity contribution is 4.86. The maximum absolute atomic E-state index is 4.97. The van der Waals surface area contributed by atoms with Gasteiger partial charge in [0.2, 0.25) is 5.89 Å². The summed E-state index contributed by atoms with van der Waals surface area (Å²) in [4.78, 5) is 6.74. The van der Waals surface area contributed by atoms with Gasteiger partial charge in [-0.1, -0.05) is 12.1 Å². The zero-order valence-electron chi connectivity index (χ0n) is 11.6. The van der Waals surface area contributed by atoms with Crippen LogP contribution in [0.3, 0.4) is 0 Å². The molecule has 0 amide bonds. The molecule has 1 aliphatic heterocycles. The highest BCUT2D eigenvalue weighted by atomic mass is 16.5. The molecule has 0 saturated carbocycles. The molecule has 0 radical (unpaired) electrons. The van der Waals surface area contributed by atoms with Crippen LogP contribution in [-0.4, -0.2) is 40.7 Å². The molecule has 1 aliphatic rings. The minimum Gasteiger partial charge on any atom is -0.340 e. The van der Waals surface area contributed by atoms with Crippen molar-refractivity contribution in [2.75, 3.05) is 19.6 Å². The van der Waals surface area contributed by atoms with Crippen molar-refractivity contribution < 1.29 is 4.52 Å². The summed E-state index contributed by atoms with van der Waals surface area (Å²) < 4.78 is 4.97. The summed E-state index contributed by atoms with van der Waals surface area (Å²) in [5, 5.41) is 7.42. The maximum Gasteiger partial charge on any atom is 0.223 e. The zero-order valence-corrected chi connectivity index (χ0v) is 11.6. The summed E-state index contributed by atoms with van der Waals surface area (Å²) in [7, 11) is 0. The summed E-state index contributed by atoms with van der Waals surface area (Å²) in [6.07, 6.45) is 2.63. The van der Waals surface area contributed by atoms with Crippen LogP contribution in [0.15, 0.2) is 4.52 Å². The Balaban J connectivity index is 1.78. The minimum atomic E-state index is 0.498. The van der Waals surface area contributed by atoms with E-state index in [1.54, 1.807) is 0 Å². The van der Waals surface area contributed by atoms with Gasteiger partial charge in [0.15, 0.2) is 5.82 Å². The molecule has 1 aromatic rings. The van der Waals surface area contributed by atoms with E-state index in [4.69, 9.17) is 4.52 Å². The molecule has 5 heteroatoms. The third-order valence-electron chi connectivity index (χ3n) is 3.85. The molecular formula is C13H24N4O. The van der Waals surface area contributed by atoms with Gasteiger partial charge in [0.25, 0.3) is 0 Å². The smallest absolute Gasteiger partial charge is 0.223 e. The van der Waals surface area contributed by atoms with Crippen LogP contribution < -0.4 is 5.32 Å². The second-order valence-corrected chi connectivity index (χ2v) is 5.19. The van der Waals surface area contributed by atoms with E-state index in [1.807, 2.05) is 6.92 Å². The summed E-state index contributed by atoms with van der Waals surface area (Å²) in [5.74, 6) is 2.11. The van der Waals surface area contributed by atoms with Crippen LogP contribution in [0.1, 0.15) is 38.4 Å². The number of likely N-dealkylation sites (tertiary alicyclic amines) is 1. The number of aromatic nitrogens is 2. The van der Waals surface area contributed by atoms with Gasteiger partial charge in [-0.15, -0.1) is 0 Å². The van der Waals surface area contributed by atoms with Gasteiger partial charge in [-0.05, 0) is 38.8 Å². The summed E-state index contributed by atoms with van der Waals surface area (Å²) >= 11 is 0. The van der Waals surface area contributed by atoms with Crippen LogP contribution in [0.2, 0.25) is 0 Å². The quantitative estimate of drug-likeness (QED) is 0.862. The normalized spacial score (nSPS) is 23.2. The van der Waals surface area contributed by atoms with E-state index in [0.717, 1.165) is 18.3 Å². The average Bonchev–Trinajstić information content (AvgIpc) is 2.82. The van der Waals surface area contributed by atoms with Gasteiger partial charge in [-0.2, -0.15) is 4.98 Å². The largest absolute Gasteiger partial charge is 0.340 e. The Morgan fingerprint density at radius 2 is 2.39 bits per heavy atom. The third kappa shape index (κ3) is 3.53. The number of nitrogens with one attached hydrogen (secondary N) is 1. The lowest BCUT2D eigenvalue weighted by Gasteiger charge is -2.35. The van der Waals surface area contributed by atoms with E-state index in [-0.39, 0.29) is 0 Å². The van der Waals surface area contributed by atoms with Gasteiger partial charge < -0.3 is 14.7 Å². The number of hydrogen-bond donors (Lipinski definition) is 1. The summed E-state index contributed by atoms with van der Waals surface area (Å²) in [5.41, 5.74) is 0. The highest BCUT2D eigenvalue weighted by Gasteiger charge is 2.23. The maximum atomic E-state index is 4.97. The van der Waals surface area contributed by atoms with Crippen molar-refractivity contribution in [1.82, 2.24) is 20.4 Å². The number of hydrogen-bond acceptors (Lipinski definition) is 5. The number of nitrogens with zero attached hydrogens (tertiary/aromatic N) is 3. The Labute approximate surface area is 109 Å². The van der Waals surface area contributed by atoms with Gasteiger partial charge >= 0.3 is 0 Å². The lowest BCUT2D eigenvalue weighted by atomic mass is 9.91. The first-order chi connectivity index (χ1) is 8.69. The molecule has 2 rings (SSSR count). The van der Waals surface area contributed by atoms with Crippen LogP contribution in [0.5, 0.6) is 0 Å². The summed E-state index contributed by atoms with van der Waals surface area (Å²) in [6.45, 7) is 10.6. The number of aryl methyl sites for hydroxylation is 1. The van der Waals surface area contributed by atoms with E-state index < -0.39 is 0 Å². The molecule has 2 unspecified atom stereocenters. The zero-order chi connectivity index (χ0) is 13.0. The van der Waals surface area contributed by atoms with E-state index in [0.29, 0.717) is 18.5 Å². The molecule has 18 heavy (non-hydrogen) atoms. The molecule has 0 aromatic carbocycles. The topological polar surface area (TPSA) is 54.2 Å². The molecule has 0 bridgehead atoms. The standard InChI is InChI=1S/C13H24N4O/c1-4-17-7-5-6-12(9-17)10(2)14-8-13-15-11(3)18-16-13/h10,12,14H,4-9H2,1-3H3. The molecule has 102 valence electrons. The minimum absolute atomic E-state index is 0.498. The Hall–Kier alpha value is -0.940.